The summed E-state index contributed by atoms with van der Waals surface area (Å²) < 4.78 is 29.5. The van der Waals surface area contributed by atoms with Crippen LogP contribution < -0.4 is 0 Å². The molecule has 2 rings (SSSR count). The number of hydrogen-bond acceptors (Lipinski definition) is 5. The third kappa shape index (κ3) is 3.00. The Bertz CT molecular complexity index is 712. The van der Waals surface area contributed by atoms with Gasteiger partial charge in [0.1, 0.15) is 0 Å². The maximum Gasteiger partial charge on any atom is 0.296 e. The fourth-order valence-electron chi connectivity index (χ4n) is 1.88. The number of ether oxygens (including phenoxy) is 1. The minimum absolute atomic E-state index is 0.269. The van der Waals surface area contributed by atoms with E-state index in [1.54, 1.807) is 0 Å². The van der Waals surface area contributed by atoms with Crippen LogP contribution in [0.2, 0.25) is 0 Å². The van der Waals surface area contributed by atoms with Gasteiger partial charge in [-0.1, -0.05) is 24.3 Å². The molecule has 1 heterocycles. The molecule has 20 heavy (non-hydrogen) atoms. The highest BCUT2D eigenvalue weighted by Crippen LogP contribution is 2.24. The topological polar surface area (TPSA) is 74.1 Å². The molecule has 0 aliphatic heterocycles. The number of aromatic nitrogens is 3. The highest BCUT2D eigenvalue weighted by atomic mass is 35.7. The molecule has 1 aromatic carbocycles. The van der Waals surface area contributed by atoms with Crippen molar-refractivity contribution in [1.29, 1.82) is 0 Å². The van der Waals surface area contributed by atoms with Gasteiger partial charge in [0, 0.05) is 23.4 Å². The molecular formula is C12H14ClN3O3S. The summed E-state index contributed by atoms with van der Waals surface area (Å²) in [6.45, 7) is 2.55. The molecule has 0 N–H and O–H groups in total. The van der Waals surface area contributed by atoms with Gasteiger partial charge < -0.3 is 4.74 Å². The second-order valence-corrected chi connectivity index (χ2v) is 6.66. The number of hydrogen-bond donors (Lipinski definition) is 0. The molecule has 6 nitrogen and oxygen atoms in total. The van der Waals surface area contributed by atoms with Crippen molar-refractivity contribution in [3.8, 4) is 11.4 Å². The summed E-state index contributed by atoms with van der Waals surface area (Å²) in [6, 6.07) is 7.52. The largest absolute Gasteiger partial charge is 0.383 e. The quantitative estimate of drug-likeness (QED) is 0.787. The predicted octanol–water partition coefficient (Wildman–Crippen LogP) is 1.83. The summed E-state index contributed by atoms with van der Waals surface area (Å²) in [5.41, 5.74) is 1.78. The van der Waals surface area contributed by atoms with Gasteiger partial charge in [-0.2, -0.15) is 0 Å². The van der Waals surface area contributed by atoms with Crippen LogP contribution in [-0.2, 0) is 20.3 Å². The van der Waals surface area contributed by atoms with Crippen LogP contribution in [0, 0.1) is 6.92 Å². The van der Waals surface area contributed by atoms with Gasteiger partial charge in [0.15, 0.2) is 5.82 Å². The standard InChI is InChI=1S/C12H14ClN3O3S/c1-9-5-3-4-6-10(9)11-14-15-12(20(13,17)18)16(11)7-8-19-2/h3-6H,7-8H2,1-2H3. The fourth-order valence-corrected chi connectivity index (χ4v) is 2.80. The predicted molar refractivity (Wildman–Crippen MR) is 75.1 cm³/mol. The number of halogens is 1. The lowest BCUT2D eigenvalue weighted by atomic mass is 10.1. The van der Waals surface area contributed by atoms with Crippen molar-refractivity contribution >= 4 is 19.7 Å². The molecule has 1 aromatic heterocycles. The van der Waals surface area contributed by atoms with Gasteiger partial charge in [-0.15, -0.1) is 10.2 Å². The van der Waals surface area contributed by atoms with Crippen LogP contribution in [0.1, 0.15) is 5.56 Å². The van der Waals surface area contributed by atoms with E-state index in [1.165, 1.54) is 11.7 Å². The lowest BCUT2D eigenvalue weighted by molar-refractivity contribution is 0.185. The summed E-state index contributed by atoms with van der Waals surface area (Å²) in [5.74, 6) is 0.458. The minimum atomic E-state index is -3.96. The average Bonchev–Trinajstić information content (AvgIpc) is 2.80. The first kappa shape index (κ1) is 15.0. The van der Waals surface area contributed by atoms with Gasteiger partial charge in [-0.05, 0) is 12.5 Å². The van der Waals surface area contributed by atoms with Crippen LogP contribution in [0.4, 0.5) is 0 Å². The number of benzene rings is 1. The van der Waals surface area contributed by atoms with Gasteiger partial charge in [0.05, 0.1) is 13.2 Å². The molecule has 0 aliphatic rings. The van der Waals surface area contributed by atoms with Crippen molar-refractivity contribution in [2.75, 3.05) is 13.7 Å². The number of rotatable bonds is 5. The van der Waals surface area contributed by atoms with Crippen molar-refractivity contribution in [2.24, 2.45) is 0 Å². The number of methoxy groups -OCH3 is 1. The van der Waals surface area contributed by atoms with Crippen molar-refractivity contribution in [3.63, 3.8) is 0 Å². The molecule has 0 atom stereocenters. The smallest absolute Gasteiger partial charge is 0.296 e. The van der Waals surface area contributed by atoms with Crippen molar-refractivity contribution in [3.05, 3.63) is 29.8 Å². The summed E-state index contributed by atoms with van der Waals surface area (Å²) in [6.07, 6.45) is 0. The van der Waals surface area contributed by atoms with Gasteiger partial charge in [-0.3, -0.25) is 4.57 Å². The van der Waals surface area contributed by atoms with E-state index >= 15 is 0 Å². The molecule has 0 bridgehead atoms. The molecule has 0 saturated heterocycles. The van der Waals surface area contributed by atoms with E-state index in [0.29, 0.717) is 19.0 Å². The highest BCUT2D eigenvalue weighted by Gasteiger charge is 2.23. The van der Waals surface area contributed by atoms with Gasteiger partial charge in [-0.25, -0.2) is 8.42 Å². The molecule has 8 heteroatoms. The van der Waals surface area contributed by atoms with E-state index in [9.17, 15) is 8.42 Å². The van der Waals surface area contributed by atoms with Gasteiger partial charge in [0.25, 0.3) is 14.2 Å². The second kappa shape index (κ2) is 5.90. The highest BCUT2D eigenvalue weighted by molar-refractivity contribution is 8.13. The molecule has 0 amide bonds. The summed E-state index contributed by atoms with van der Waals surface area (Å²) in [7, 11) is 2.97. The molecule has 0 radical (unpaired) electrons. The third-order valence-electron chi connectivity index (χ3n) is 2.84. The fraction of sp³-hybridized carbons (Fsp3) is 0.333. The maximum absolute atomic E-state index is 11.5. The Morgan fingerprint density at radius 1 is 1.30 bits per heavy atom. The molecule has 108 valence electrons. The molecule has 0 fully saturated rings. The minimum Gasteiger partial charge on any atom is -0.383 e. The Kier molecular flexibility index (Phi) is 4.42. The Labute approximate surface area is 121 Å². The van der Waals surface area contributed by atoms with Gasteiger partial charge in [0.2, 0.25) is 0 Å². The first-order chi connectivity index (χ1) is 9.45. The van der Waals surface area contributed by atoms with E-state index in [-0.39, 0.29) is 5.16 Å². The first-order valence-electron chi connectivity index (χ1n) is 5.88. The van der Waals surface area contributed by atoms with Crippen LogP contribution in [-0.4, -0.2) is 36.9 Å². The zero-order chi connectivity index (χ0) is 14.8. The molecule has 0 saturated carbocycles. The van der Waals surface area contributed by atoms with Crippen LogP contribution in [0.5, 0.6) is 0 Å². The van der Waals surface area contributed by atoms with Gasteiger partial charge >= 0.3 is 0 Å². The third-order valence-corrected chi connectivity index (χ3v) is 3.99. The Morgan fingerprint density at radius 2 is 2.00 bits per heavy atom. The Hall–Kier alpha value is -1.44. The maximum atomic E-state index is 11.5. The van der Waals surface area contributed by atoms with E-state index in [2.05, 4.69) is 10.2 Å². The van der Waals surface area contributed by atoms with Crippen LogP contribution in [0.15, 0.2) is 29.4 Å². The van der Waals surface area contributed by atoms with Crippen LogP contribution in [0.25, 0.3) is 11.4 Å². The summed E-state index contributed by atoms with van der Waals surface area (Å²) >= 11 is 0. The Morgan fingerprint density at radius 3 is 2.60 bits per heavy atom. The average molecular weight is 316 g/mol. The summed E-state index contributed by atoms with van der Waals surface area (Å²) in [4.78, 5) is 0. The van der Waals surface area contributed by atoms with Crippen LogP contribution in [0.3, 0.4) is 0 Å². The monoisotopic (exact) mass is 315 g/mol. The first-order valence-corrected chi connectivity index (χ1v) is 8.19. The van der Waals surface area contributed by atoms with Crippen molar-refractivity contribution < 1.29 is 13.2 Å². The van der Waals surface area contributed by atoms with Crippen LogP contribution >= 0.6 is 10.7 Å². The molecule has 0 spiro atoms. The lowest BCUT2D eigenvalue weighted by Crippen LogP contribution is -2.11. The molecule has 0 unspecified atom stereocenters. The SMILES string of the molecule is COCCn1c(-c2ccccc2C)nnc1S(=O)(=O)Cl. The van der Waals surface area contributed by atoms with Crippen molar-refractivity contribution in [1.82, 2.24) is 14.8 Å². The van der Waals surface area contributed by atoms with E-state index in [4.69, 9.17) is 15.4 Å². The molecule has 0 aliphatic carbocycles. The number of aryl methyl sites for hydroxylation is 1. The Balaban J connectivity index is 2.60. The van der Waals surface area contributed by atoms with E-state index < -0.39 is 9.05 Å². The lowest BCUT2D eigenvalue weighted by Gasteiger charge is -2.09. The molecule has 2 aromatic rings. The molecular weight excluding hydrogens is 302 g/mol. The summed E-state index contributed by atoms with van der Waals surface area (Å²) in [5, 5.41) is 7.39. The zero-order valence-electron chi connectivity index (χ0n) is 11.1. The van der Waals surface area contributed by atoms with E-state index in [1.807, 2.05) is 31.2 Å². The number of nitrogens with zero attached hydrogens (tertiary/aromatic N) is 3. The van der Waals surface area contributed by atoms with Crippen molar-refractivity contribution in [2.45, 2.75) is 18.6 Å². The normalized spacial score (nSPS) is 11.8. The van der Waals surface area contributed by atoms with E-state index in [0.717, 1.165) is 11.1 Å². The zero-order valence-corrected chi connectivity index (χ0v) is 12.6. The second-order valence-electron chi connectivity index (χ2n) is 4.20.